The first-order valence-corrected chi connectivity index (χ1v) is 9.33. The second-order valence-electron chi connectivity index (χ2n) is 6.97. The average molecular weight is 390 g/mol. The molecule has 2 aromatic rings. The normalized spacial score (nSPS) is 14.6. The predicted octanol–water partition coefficient (Wildman–Crippen LogP) is 2.38. The summed E-state index contributed by atoms with van der Waals surface area (Å²) in [4.78, 5) is 26.5. The molecule has 0 spiro atoms. The number of halogens is 1. The molecule has 27 heavy (non-hydrogen) atoms. The molecule has 2 aromatic carbocycles. The number of hydrogen-bond acceptors (Lipinski definition) is 3. The summed E-state index contributed by atoms with van der Waals surface area (Å²) in [5, 5.41) is 8.19. The van der Waals surface area contributed by atoms with Gasteiger partial charge in [-0.1, -0.05) is 42.5 Å². The van der Waals surface area contributed by atoms with Crippen LogP contribution < -0.4 is 10.6 Å². The van der Waals surface area contributed by atoms with E-state index in [1.54, 1.807) is 0 Å². The van der Waals surface area contributed by atoms with Crippen LogP contribution in [0.25, 0.3) is 10.8 Å². The molecule has 0 aliphatic carbocycles. The van der Waals surface area contributed by atoms with Gasteiger partial charge >= 0.3 is 0 Å². The Hall–Kier alpha value is -2.11. The Bertz CT molecular complexity index is 768. The first-order valence-electron chi connectivity index (χ1n) is 9.33. The molecular formula is C21H28ClN3O2. The Balaban J connectivity index is 0.00000261. The van der Waals surface area contributed by atoms with E-state index in [1.165, 1.54) is 0 Å². The van der Waals surface area contributed by atoms with Gasteiger partial charge in [0, 0.05) is 13.1 Å². The summed E-state index contributed by atoms with van der Waals surface area (Å²) in [7, 11) is 1.96. The largest absolute Gasteiger partial charge is 0.347 e. The molecule has 1 aliphatic heterocycles. The number of nitrogens with one attached hydrogen (secondary N) is 2. The van der Waals surface area contributed by atoms with E-state index in [4.69, 9.17) is 0 Å². The van der Waals surface area contributed by atoms with Gasteiger partial charge in [-0.2, -0.15) is 0 Å². The minimum atomic E-state index is -0.111. The molecule has 2 amide bonds. The van der Waals surface area contributed by atoms with Crippen LogP contribution in [0.1, 0.15) is 18.4 Å². The lowest BCUT2D eigenvalue weighted by atomic mass is 9.97. The number of rotatable bonds is 6. The number of nitrogens with zero attached hydrogens (tertiary/aromatic N) is 1. The maximum absolute atomic E-state index is 12.3. The van der Waals surface area contributed by atoms with Gasteiger partial charge in [0.05, 0.1) is 13.0 Å². The monoisotopic (exact) mass is 389 g/mol. The SMILES string of the molecule is CNCC1CCN(C(=O)CNC(=O)Cc2cccc3ccccc23)CC1.Cl. The molecule has 6 heteroatoms. The highest BCUT2D eigenvalue weighted by atomic mass is 35.5. The van der Waals surface area contributed by atoms with Crippen LogP contribution in [0.15, 0.2) is 42.5 Å². The van der Waals surface area contributed by atoms with Crippen LogP contribution in [0.4, 0.5) is 0 Å². The molecule has 1 aliphatic rings. The Labute approximate surface area is 166 Å². The number of likely N-dealkylation sites (tertiary alicyclic amines) is 1. The number of carbonyl (C=O) groups excluding carboxylic acids is 2. The quantitative estimate of drug-likeness (QED) is 0.797. The first-order chi connectivity index (χ1) is 12.7. The van der Waals surface area contributed by atoms with Gasteiger partial charge in [-0.25, -0.2) is 0 Å². The van der Waals surface area contributed by atoms with E-state index in [2.05, 4.69) is 10.6 Å². The lowest BCUT2D eigenvalue weighted by Gasteiger charge is -2.32. The van der Waals surface area contributed by atoms with Gasteiger partial charge in [-0.3, -0.25) is 9.59 Å². The van der Waals surface area contributed by atoms with Gasteiger partial charge < -0.3 is 15.5 Å². The highest BCUT2D eigenvalue weighted by Crippen LogP contribution is 2.19. The maximum Gasteiger partial charge on any atom is 0.241 e. The zero-order chi connectivity index (χ0) is 18.4. The van der Waals surface area contributed by atoms with E-state index in [0.29, 0.717) is 12.3 Å². The number of hydrogen-bond donors (Lipinski definition) is 2. The standard InChI is InChI=1S/C21H27N3O2.ClH/c1-22-14-16-9-11-24(12-10-16)21(26)15-23-20(25)13-18-7-4-6-17-5-2-3-8-19(17)18;/h2-8,16,22H,9-15H2,1H3,(H,23,25);1H. The third kappa shape index (κ3) is 5.68. The van der Waals surface area contributed by atoms with Crippen LogP contribution in [0, 0.1) is 5.92 Å². The zero-order valence-electron chi connectivity index (χ0n) is 15.7. The molecule has 0 saturated carbocycles. The molecule has 1 saturated heterocycles. The van der Waals surface area contributed by atoms with E-state index in [-0.39, 0.29) is 30.8 Å². The maximum atomic E-state index is 12.3. The highest BCUT2D eigenvalue weighted by molar-refractivity contribution is 5.91. The number of amides is 2. The van der Waals surface area contributed by atoms with Gasteiger partial charge in [0.15, 0.2) is 0 Å². The van der Waals surface area contributed by atoms with Crippen LogP contribution in [-0.2, 0) is 16.0 Å². The minimum absolute atomic E-state index is 0. The van der Waals surface area contributed by atoms with Crippen LogP contribution in [-0.4, -0.2) is 49.9 Å². The van der Waals surface area contributed by atoms with Crippen molar-refractivity contribution in [2.75, 3.05) is 33.2 Å². The molecule has 0 unspecified atom stereocenters. The lowest BCUT2D eigenvalue weighted by Crippen LogP contribution is -2.45. The molecule has 2 N–H and O–H groups in total. The number of piperidine rings is 1. The summed E-state index contributed by atoms with van der Waals surface area (Å²) < 4.78 is 0. The van der Waals surface area contributed by atoms with Gasteiger partial charge in [-0.15, -0.1) is 12.4 Å². The Morgan fingerprint density at radius 3 is 2.52 bits per heavy atom. The smallest absolute Gasteiger partial charge is 0.241 e. The molecule has 0 radical (unpaired) electrons. The first kappa shape index (κ1) is 21.2. The van der Waals surface area contributed by atoms with Gasteiger partial charge in [0.1, 0.15) is 0 Å². The second kappa shape index (κ2) is 10.3. The molecule has 146 valence electrons. The predicted molar refractivity (Wildman–Crippen MR) is 111 cm³/mol. The van der Waals surface area contributed by atoms with Crippen molar-refractivity contribution in [3.63, 3.8) is 0 Å². The van der Waals surface area contributed by atoms with Crippen molar-refractivity contribution in [1.29, 1.82) is 0 Å². The summed E-state index contributed by atoms with van der Waals surface area (Å²) in [5.41, 5.74) is 0.987. The average Bonchev–Trinajstić information content (AvgIpc) is 2.67. The third-order valence-electron chi connectivity index (χ3n) is 5.13. The second-order valence-corrected chi connectivity index (χ2v) is 6.97. The molecule has 0 bridgehead atoms. The van der Waals surface area contributed by atoms with Crippen molar-refractivity contribution >= 4 is 35.0 Å². The van der Waals surface area contributed by atoms with E-state index in [0.717, 1.165) is 48.8 Å². The fourth-order valence-corrected chi connectivity index (χ4v) is 3.64. The van der Waals surface area contributed by atoms with E-state index >= 15 is 0 Å². The zero-order valence-corrected chi connectivity index (χ0v) is 16.6. The fourth-order valence-electron chi connectivity index (χ4n) is 3.64. The number of carbonyl (C=O) groups is 2. The van der Waals surface area contributed by atoms with Crippen molar-refractivity contribution in [2.24, 2.45) is 5.92 Å². The number of benzene rings is 2. The fraction of sp³-hybridized carbons (Fsp3) is 0.429. The highest BCUT2D eigenvalue weighted by Gasteiger charge is 2.22. The van der Waals surface area contributed by atoms with Crippen molar-refractivity contribution in [3.8, 4) is 0 Å². The summed E-state index contributed by atoms with van der Waals surface area (Å²) in [6.45, 7) is 2.65. The summed E-state index contributed by atoms with van der Waals surface area (Å²) in [5.74, 6) is 0.545. The van der Waals surface area contributed by atoms with Gasteiger partial charge in [-0.05, 0) is 48.7 Å². The van der Waals surface area contributed by atoms with Gasteiger partial charge in [0.25, 0.3) is 0 Å². The van der Waals surface area contributed by atoms with Crippen LogP contribution >= 0.6 is 12.4 Å². The van der Waals surface area contributed by atoms with Crippen LogP contribution in [0.5, 0.6) is 0 Å². The molecule has 3 rings (SSSR count). The summed E-state index contributed by atoms with van der Waals surface area (Å²) in [6.07, 6.45) is 2.34. The van der Waals surface area contributed by atoms with Crippen molar-refractivity contribution in [2.45, 2.75) is 19.3 Å². The molecule has 0 atom stereocenters. The van der Waals surface area contributed by atoms with Crippen LogP contribution in [0.2, 0.25) is 0 Å². The van der Waals surface area contributed by atoms with Crippen LogP contribution in [0.3, 0.4) is 0 Å². The summed E-state index contributed by atoms with van der Waals surface area (Å²) >= 11 is 0. The van der Waals surface area contributed by atoms with E-state index < -0.39 is 0 Å². The Kier molecular flexibility index (Phi) is 8.07. The van der Waals surface area contributed by atoms with Crippen molar-refractivity contribution in [3.05, 3.63) is 48.0 Å². The Morgan fingerprint density at radius 1 is 1.07 bits per heavy atom. The van der Waals surface area contributed by atoms with Crippen molar-refractivity contribution in [1.82, 2.24) is 15.5 Å². The minimum Gasteiger partial charge on any atom is -0.347 e. The molecule has 5 nitrogen and oxygen atoms in total. The molecule has 0 aromatic heterocycles. The van der Waals surface area contributed by atoms with E-state index in [9.17, 15) is 9.59 Å². The lowest BCUT2D eigenvalue weighted by molar-refractivity contribution is -0.133. The topological polar surface area (TPSA) is 61.4 Å². The molecule has 1 heterocycles. The Morgan fingerprint density at radius 2 is 1.78 bits per heavy atom. The van der Waals surface area contributed by atoms with Crippen molar-refractivity contribution < 1.29 is 9.59 Å². The van der Waals surface area contributed by atoms with Gasteiger partial charge in [0.2, 0.25) is 11.8 Å². The molecular weight excluding hydrogens is 362 g/mol. The van der Waals surface area contributed by atoms with E-state index in [1.807, 2.05) is 54.4 Å². The molecule has 1 fully saturated rings. The third-order valence-corrected chi connectivity index (χ3v) is 5.13. The number of fused-ring (bicyclic) bond motifs is 1. The summed E-state index contributed by atoms with van der Waals surface area (Å²) in [6, 6.07) is 14.0.